The van der Waals surface area contributed by atoms with Crippen molar-refractivity contribution in [3.63, 3.8) is 0 Å². The number of rotatable bonds is 5. The largest absolute Gasteiger partial charge is 0.337 e. The third kappa shape index (κ3) is 6.36. The maximum absolute atomic E-state index is 12.4. The van der Waals surface area contributed by atoms with Crippen LogP contribution in [0.25, 0.3) is 0 Å². The molecule has 0 radical (unpaired) electrons. The van der Waals surface area contributed by atoms with Crippen LogP contribution in [0.15, 0.2) is 36.9 Å². The molecule has 0 bridgehead atoms. The third-order valence-electron chi connectivity index (χ3n) is 5.04. The number of amides is 4. The average Bonchev–Trinajstić information content (AvgIpc) is 2.66. The number of aromatic nitrogens is 4. The van der Waals surface area contributed by atoms with Gasteiger partial charge in [0.15, 0.2) is 0 Å². The summed E-state index contributed by atoms with van der Waals surface area (Å²) in [5.74, 6) is 0.512. The van der Waals surface area contributed by atoms with E-state index in [1.54, 1.807) is 36.9 Å². The zero-order valence-electron chi connectivity index (χ0n) is 17.5. The van der Waals surface area contributed by atoms with Crippen LogP contribution in [0.5, 0.6) is 0 Å². The normalized spacial score (nSPS) is 22.6. The molecule has 2 atom stereocenters. The molecule has 0 unspecified atom stereocenters. The standard InChI is InChI=1S/C20H28N8O2/c1-19(2)10-14(26-18(30)28-16-23-8-5-9-24-16)11-20(3,12-19)13-25-17(29)27-15-21-6-4-7-22-15/h4-9,14H,10-13H2,1-3H3,(H2,21,22,25,27,29)(H2,23,24,26,28,30)/t14-,20-/m1/s1. The van der Waals surface area contributed by atoms with Crippen LogP contribution < -0.4 is 21.3 Å². The van der Waals surface area contributed by atoms with Crippen molar-refractivity contribution in [3.05, 3.63) is 36.9 Å². The third-order valence-corrected chi connectivity index (χ3v) is 5.04. The van der Waals surface area contributed by atoms with E-state index in [0.29, 0.717) is 6.54 Å². The lowest BCUT2D eigenvalue weighted by Gasteiger charge is -2.46. The van der Waals surface area contributed by atoms with E-state index in [1.165, 1.54) is 0 Å². The fraction of sp³-hybridized carbons (Fsp3) is 0.500. The molecule has 0 saturated heterocycles. The number of nitrogens with zero attached hydrogens (tertiary/aromatic N) is 4. The van der Waals surface area contributed by atoms with Crippen molar-refractivity contribution in [2.75, 3.05) is 17.2 Å². The summed E-state index contributed by atoms with van der Waals surface area (Å²) in [6.45, 7) is 6.95. The molecule has 3 rings (SSSR count). The Labute approximate surface area is 175 Å². The molecule has 0 spiro atoms. The first-order chi connectivity index (χ1) is 14.2. The summed E-state index contributed by atoms with van der Waals surface area (Å²) in [7, 11) is 0. The number of urea groups is 2. The van der Waals surface area contributed by atoms with Crippen LogP contribution in [0.4, 0.5) is 21.5 Å². The molecule has 1 fully saturated rings. The Kier molecular flexibility index (Phi) is 6.43. The van der Waals surface area contributed by atoms with Gasteiger partial charge < -0.3 is 10.6 Å². The highest BCUT2D eigenvalue weighted by atomic mass is 16.2. The summed E-state index contributed by atoms with van der Waals surface area (Å²) >= 11 is 0. The molecule has 10 nitrogen and oxygen atoms in total. The van der Waals surface area contributed by atoms with Crippen LogP contribution in [-0.2, 0) is 0 Å². The van der Waals surface area contributed by atoms with E-state index in [0.717, 1.165) is 19.3 Å². The number of nitrogens with one attached hydrogen (secondary N) is 4. The molecule has 1 saturated carbocycles. The Morgan fingerprint density at radius 3 is 2.00 bits per heavy atom. The van der Waals surface area contributed by atoms with Gasteiger partial charge in [-0.05, 0) is 42.2 Å². The summed E-state index contributed by atoms with van der Waals surface area (Å²) in [6, 6.07) is 2.64. The number of carbonyl (C=O) groups is 2. The number of hydrogen-bond donors (Lipinski definition) is 4. The van der Waals surface area contributed by atoms with Gasteiger partial charge in [-0.25, -0.2) is 29.5 Å². The fourth-order valence-corrected chi connectivity index (χ4v) is 4.36. The van der Waals surface area contributed by atoms with Gasteiger partial charge in [0, 0.05) is 37.4 Å². The first-order valence-electron chi connectivity index (χ1n) is 9.90. The van der Waals surface area contributed by atoms with Gasteiger partial charge in [-0.1, -0.05) is 20.8 Å². The van der Waals surface area contributed by atoms with Gasteiger partial charge >= 0.3 is 12.1 Å². The maximum Gasteiger partial charge on any atom is 0.321 e. The Hall–Kier alpha value is -3.30. The highest BCUT2D eigenvalue weighted by Crippen LogP contribution is 2.45. The zero-order valence-corrected chi connectivity index (χ0v) is 17.5. The summed E-state index contributed by atoms with van der Waals surface area (Å²) < 4.78 is 0. The predicted molar refractivity (Wildman–Crippen MR) is 113 cm³/mol. The Balaban J connectivity index is 1.56. The van der Waals surface area contributed by atoms with Gasteiger partial charge in [0.1, 0.15) is 0 Å². The Morgan fingerprint density at radius 2 is 1.43 bits per heavy atom. The van der Waals surface area contributed by atoms with E-state index in [1.807, 2.05) is 0 Å². The van der Waals surface area contributed by atoms with Crippen molar-refractivity contribution in [3.8, 4) is 0 Å². The zero-order chi connectivity index (χ0) is 21.6. The topological polar surface area (TPSA) is 134 Å². The van der Waals surface area contributed by atoms with Crippen molar-refractivity contribution in [2.45, 2.75) is 46.1 Å². The van der Waals surface area contributed by atoms with Crippen LogP contribution in [0.2, 0.25) is 0 Å². The lowest BCUT2D eigenvalue weighted by molar-refractivity contribution is 0.0761. The molecule has 4 amide bonds. The van der Waals surface area contributed by atoms with Gasteiger partial charge in [0.05, 0.1) is 0 Å². The smallest absolute Gasteiger partial charge is 0.321 e. The van der Waals surface area contributed by atoms with Crippen LogP contribution in [0.3, 0.4) is 0 Å². The molecule has 2 heterocycles. The molecule has 30 heavy (non-hydrogen) atoms. The molecule has 1 aliphatic carbocycles. The van der Waals surface area contributed by atoms with Gasteiger partial charge in [-0.2, -0.15) is 0 Å². The molecule has 1 aliphatic rings. The van der Waals surface area contributed by atoms with Gasteiger partial charge in [-0.3, -0.25) is 10.6 Å². The first kappa shape index (κ1) is 21.4. The molecule has 0 aliphatic heterocycles. The van der Waals surface area contributed by atoms with E-state index < -0.39 is 0 Å². The summed E-state index contributed by atoms with van der Waals surface area (Å²) in [5, 5.41) is 11.2. The van der Waals surface area contributed by atoms with E-state index in [2.05, 4.69) is 62.0 Å². The Morgan fingerprint density at radius 1 is 0.900 bits per heavy atom. The van der Waals surface area contributed by atoms with Gasteiger partial charge in [0.25, 0.3) is 0 Å². The summed E-state index contributed by atoms with van der Waals surface area (Å²) in [6.07, 6.45) is 8.77. The van der Waals surface area contributed by atoms with E-state index in [9.17, 15) is 9.59 Å². The number of hydrogen-bond acceptors (Lipinski definition) is 6. The van der Waals surface area contributed by atoms with Crippen molar-refractivity contribution in [2.24, 2.45) is 10.8 Å². The van der Waals surface area contributed by atoms with Crippen LogP contribution in [-0.4, -0.2) is 44.6 Å². The molecular weight excluding hydrogens is 384 g/mol. The monoisotopic (exact) mass is 412 g/mol. The molecule has 2 aromatic heterocycles. The van der Waals surface area contributed by atoms with E-state index >= 15 is 0 Å². The molecule has 2 aromatic rings. The maximum atomic E-state index is 12.4. The lowest BCUT2D eigenvalue weighted by Crippen LogP contribution is -2.51. The minimum atomic E-state index is -0.353. The van der Waals surface area contributed by atoms with Crippen LogP contribution in [0.1, 0.15) is 40.0 Å². The quantitative estimate of drug-likeness (QED) is 0.597. The second-order valence-corrected chi connectivity index (χ2v) is 8.81. The van der Waals surface area contributed by atoms with Gasteiger partial charge in [-0.15, -0.1) is 0 Å². The minimum Gasteiger partial charge on any atom is -0.337 e. The second-order valence-electron chi connectivity index (χ2n) is 8.81. The number of carbonyl (C=O) groups excluding carboxylic acids is 2. The fourth-order valence-electron chi connectivity index (χ4n) is 4.36. The summed E-state index contributed by atoms with van der Waals surface area (Å²) in [4.78, 5) is 40.6. The Bertz CT molecular complexity index is 862. The van der Waals surface area contributed by atoms with Crippen LogP contribution in [0, 0.1) is 10.8 Å². The number of anilines is 2. The molecule has 0 aromatic carbocycles. The average molecular weight is 412 g/mol. The van der Waals surface area contributed by atoms with Crippen molar-refractivity contribution >= 4 is 24.0 Å². The van der Waals surface area contributed by atoms with E-state index in [4.69, 9.17) is 0 Å². The molecule has 4 N–H and O–H groups in total. The lowest BCUT2D eigenvalue weighted by atomic mass is 9.62. The van der Waals surface area contributed by atoms with Crippen molar-refractivity contribution in [1.29, 1.82) is 0 Å². The SMILES string of the molecule is CC1(C)C[C@@H](NC(=O)Nc2ncccn2)C[C@@](C)(CNC(=O)Nc2ncccn2)C1. The predicted octanol–water partition coefficient (Wildman–Crippen LogP) is 2.79. The van der Waals surface area contributed by atoms with Gasteiger partial charge in [0.2, 0.25) is 11.9 Å². The molecular formula is C20H28N8O2. The van der Waals surface area contributed by atoms with E-state index in [-0.39, 0.29) is 40.8 Å². The minimum absolute atomic E-state index is 0.00882. The highest BCUT2D eigenvalue weighted by molar-refractivity contribution is 5.88. The molecule has 160 valence electrons. The first-order valence-corrected chi connectivity index (χ1v) is 9.90. The summed E-state index contributed by atoms with van der Waals surface area (Å²) in [5.41, 5.74) is -0.174. The highest BCUT2D eigenvalue weighted by Gasteiger charge is 2.41. The molecule has 10 heteroatoms. The second kappa shape index (κ2) is 9.02. The van der Waals surface area contributed by atoms with Crippen molar-refractivity contribution in [1.82, 2.24) is 30.6 Å². The van der Waals surface area contributed by atoms with Crippen LogP contribution >= 0.6 is 0 Å². The van der Waals surface area contributed by atoms with Crippen molar-refractivity contribution < 1.29 is 9.59 Å².